The van der Waals surface area contributed by atoms with Crippen molar-refractivity contribution in [1.82, 2.24) is 4.72 Å². The molecule has 3 aromatic rings. The van der Waals surface area contributed by atoms with Crippen LogP contribution in [0.15, 0.2) is 83.8 Å². The molecule has 0 radical (unpaired) electrons. The van der Waals surface area contributed by atoms with E-state index in [-0.39, 0.29) is 11.5 Å². The third kappa shape index (κ3) is 6.30. The minimum Gasteiger partial charge on any atom is -0.489 e. The third-order valence-electron chi connectivity index (χ3n) is 4.32. The first-order valence-corrected chi connectivity index (χ1v) is 11.0. The molecule has 0 bridgehead atoms. The van der Waals surface area contributed by atoms with E-state index in [9.17, 15) is 13.5 Å². The molecule has 0 aliphatic heterocycles. The van der Waals surface area contributed by atoms with Gasteiger partial charge in [0.2, 0.25) is 10.0 Å². The van der Waals surface area contributed by atoms with E-state index in [0.29, 0.717) is 18.1 Å². The van der Waals surface area contributed by atoms with E-state index in [1.54, 1.807) is 0 Å². The number of aliphatic hydroxyl groups is 1. The summed E-state index contributed by atoms with van der Waals surface area (Å²) < 4.78 is 33.3. The highest BCUT2D eigenvalue weighted by Crippen LogP contribution is 2.17. The summed E-state index contributed by atoms with van der Waals surface area (Å²) >= 11 is 5.81. The van der Waals surface area contributed by atoms with Gasteiger partial charge in [-0.25, -0.2) is 13.1 Å². The van der Waals surface area contributed by atoms with Gasteiger partial charge in [-0.2, -0.15) is 0 Å². The maximum absolute atomic E-state index is 12.5. The lowest BCUT2D eigenvalue weighted by Crippen LogP contribution is -2.39. The Morgan fingerprint density at radius 2 is 1.55 bits per heavy atom. The molecule has 0 heterocycles. The maximum atomic E-state index is 12.5. The zero-order valence-corrected chi connectivity index (χ0v) is 17.2. The van der Waals surface area contributed by atoms with Gasteiger partial charge < -0.3 is 9.84 Å². The average Bonchev–Trinajstić information content (AvgIpc) is 2.73. The van der Waals surface area contributed by atoms with Crippen LogP contribution in [-0.4, -0.2) is 26.2 Å². The second-order valence-corrected chi connectivity index (χ2v) is 8.73. The Labute approximate surface area is 176 Å². The van der Waals surface area contributed by atoms with Crippen LogP contribution in [0.25, 0.3) is 0 Å². The van der Waals surface area contributed by atoms with E-state index < -0.39 is 16.1 Å². The molecule has 29 heavy (non-hydrogen) atoms. The first kappa shape index (κ1) is 21.3. The van der Waals surface area contributed by atoms with Gasteiger partial charge in [0.15, 0.2) is 0 Å². The number of hydrogen-bond acceptors (Lipinski definition) is 4. The summed E-state index contributed by atoms with van der Waals surface area (Å²) in [5.41, 5.74) is 1.96. The van der Waals surface area contributed by atoms with Crippen molar-refractivity contribution in [1.29, 1.82) is 0 Å². The molecule has 5 nitrogen and oxygen atoms in total. The number of ether oxygens (including phenoxy) is 1. The molecular weight excluding hydrogens is 410 g/mol. The van der Waals surface area contributed by atoms with Gasteiger partial charge in [0.1, 0.15) is 12.4 Å². The van der Waals surface area contributed by atoms with Crippen LogP contribution in [0.4, 0.5) is 0 Å². The zero-order chi connectivity index (χ0) is 20.7. The van der Waals surface area contributed by atoms with Crippen molar-refractivity contribution < 1.29 is 18.3 Å². The Morgan fingerprint density at radius 3 is 2.17 bits per heavy atom. The Bertz CT molecular complexity index is 1010. The monoisotopic (exact) mass is 431 g/mol. The van der Waals surface area contributed by atoms with Crippen LogP contribution in [-0.2, 0) is 23.1 Å². The fourth-order valence-corrected chi connectivity index (χ4v) is 4.15. The Hall–Kier alpha value is -2.38. The van der Waals surface area contributed by atoms with E-state index in [2.05, 4.69) is 4.72 Å². The van der Waals surface area contributed by atoms with Gasteiger partial charge in [-0.15, -0.1) is 0 Å². The number of benzene rings is 3. The molecule has 0 aliphatic rings. The Balaban J connectivity index is 1.59. The highest BCUT2D eigenvalue weighted by atomic mass is 35.5. The molecule has 7 heteroatoms. The summed E-state index contributed by atoms with van der Waals surface area (Å²) in [6, 6.07) is 22.5. The summed E-state index contributed by atoms with van der Waals surface area (Å²) in [5, 5.41) is 10.1. The molecule has 0 fully saturated rings. The molecule has 3 aromatic carbocycles. The van der Waals surface area contributed by atoms with Gasteiger partial charge in [0.05, 0.1) is 11.5 Å². The largest absolute Gasteiger partial charge is 0.489 e. The summed E-state index contributed by atoms with van der Waals surface area (Å²) in [4.78, 5) is 0.102. The second kappa shape index (κ2) is 9.89. The Morgan fingerprint density at radius 1 is 0.897 bits per heavy atom. The highest BCUT2D eigenvalue weighted by Gasteiger charge is 2.20. The molecule has 3 rings (SSSR count). The number of nitrogens with one attached hydrogen (secondary N) is 1. The van der Waals surface area contributed by atoms with Crippen LogP contribution < -0.4 is 9.46 Å². The highest BCUT2D eigenvalue weighted by molar-refractivity contribution is 7.89. The molecule has 1 atom stereocenters. The summed E-state index contributed by atoms with van der Waals surface area (Å²) in [6.07, 6.45) is 0.349. The Kier molecular flexibility index (Phi) is 7.28. The first-order chi connectivity index (χ1) is 14.0. The van der Waals surface area contributed by atoms with Crippen molar-refractivity contribution in [2.75, 3.05) is 6.61 Å². The van der Waals surface area contributed by atoms with Crippen LogP contribution >= 0.6 is 11.6 Å². The minimum atomic E-state index is -3.75. The van der Waals surface area contributed by atoms with Crippen LogP contribution in [0.5, 0.6) is 5.75 Å². The molecular formula is C22H22ClNO4S. The number of halogens is 1. The summed E-state index contributed by atoms with van der Waals surface area (Å²) in [5.74, 6) is 0.722. The van der Waals surface area contributed by atoms with Crippen molar-refractivity contribution in [3.05, 3.63) is 95.0 Å². The van der Waals surface area contributed by atoms with Gasteiger partial charge in [-0.3, -0.25) is 0 Å². The third-order valence-corrected chi connectivity index (χ3v) is 6.11. The van der Waals surface area contributed by atoms with Gasteiger partial charge in [0, 0.05) is 11.1 Å². The lowest BCUT2D eigenvalue weighted by atomic mass is 10.1. The van der Waals surface area contributed by atoms with Crippen molar-refractivity contribution in [3.8, 4) is 5.75 Å². The molecule has 0 saturated carbocycles. The molecule has 0 aromatic heterocycles. The molecule has 0 saturated heterocycles. The molecule has 0 spiro atoms. The SMILES string of the molecule is O=S(=O)(N[C@H](CO)Cc1ccc(OCc2ccccc2)cc1)c1ccc(Cl)cc1. The topological polar surface area (TPSA) is 75.6 Å². The van der Waals surface area contributed by atoms with Crippen molar-refractivity contribution >= 4 is 21.6 Å². The van der Waals surface area contributed by atoms with Crippen molar-refractivity contribution in [2.24, 2.45) is 0 Å². The number of hydrogen-bond donors (Lipinski definition) is 2. The van der Waals surface area contributed by atoms with Crippen molar-refractivity contribution in [2.45, 2.75) is 24.0 Å². The van der Waals surface area contributed by atoms with E-state index in [0.717, 1.165) is 16.9 Å². The molecule has 152 valence electrons. The fourth-order valence-electron chi connectivity index (χ4n) is 2.79. The lowest BCUT2D eigenvalue weighted by molar-refractivity contribution is 0.256. The lowest BCUT2D eigenvalue weighted by Gasteiger charge is -2.17. The molecule has 0 amide bonds. The van der Waals surface area contributed by atoms with E-state index in [4.69, 9.17) is 16.3 Å². The predicted octanol–water partition coefficient (Wildman–Crippen LogP) is 3.80. The fraction of sp³-hybridized carbons (Fsp3) is 0.182. The van der Waals surface area contributed by atoms with E-state index in [1.165, 1.54) is 24.3 Å². The van der Waals surface area contributed by atoms with Crippen LogP contribution in [0, 0.1) is 0 Å². The molecule has 0 aliphatic carbocycles. The second-order valence-electron chi connectivity index (χ2n) is 6.58. The van der Waals surface area contributed by atoms with Gasteiger partial charge in [-0.05, 0) is 53.9 Å². The maximum Gasteiger partial charge on any atom is 0.240 e. The smallest absolute Gasteiger partial charge is 0.240 e. The summed E-state index contributed by atoms with van der Waals surface area (Å²) in [6.45, 7) is 0.152. The van der Waals surface area contributed by atoms with Gasteiger partial charge in [-0.1, -0.05) is 54.1 Å². The standard InChI is InChI=1S/C22H22ClNO4S/c23-19-8-12-22(13-9-19)29(26,27)24-20(15-25)14-17-6-10-21(11-7-17)28-16-18-4-2-1-3-5-18/h1-13,20,24-25H,14-16H2/t20-/m0/s1. The normalized spacial score (nSPS) is 12.5. The first-order valence-electron chi connectivity index (χ1n) is 9.11. The number of aliphatic hydroxyl groups excluding tert-OH is 1. The zero-order valence-electron chi connectivity index (χ0n) is 15.7. The predicted molar refractivity (Wildman–Crippen MR) is 114 cm³/mol. The van der Waals surface area contributed by atoms with Crippen LogP contribution in [0.3, 0.4) is 0 Å². The minimum absolute atomic E-state index is 0.102. The quantitative estimate of drug-likeness (QED) is 0.540. The van der Waals surface area contributed by atoms with Crippen LogP contribution in [0.2, 0.25) is 5.02 Å². The number of rotatable bonds is 9. The van der Waals surface area contributed by atoms with Gasteiger partial charge in [0.25, 0.3) is 0 Å². The van der Waals surface area contributed by atoms with Crippen LogP contribution in [0.1, 0.15) is 11.1 Å². The van der Waals surface area contributed by atoms with E-state index in [1.807, 2.05) is 54.6 Å². The van der Waals surface area contributed by atoms with E-state index >= 15 is 0 Å². The molecule has 2 N–H and O–H groups in total. The average molecular weight is 432 g/mol. The van der Waals surface area contributed by atoms with Crippen molar-refractivity contribution in [3.63, 3.8) is 0 Å². The molecule has 0 unspecified atom stereocenters. The number of sulfonamides is 1. The summed E-state index contributed by atoms with van der Waals surface area (Å²) in [7, 11) is -3.75. The van der Waals surface area contributed by atoms with Gasteiger partial charge >= 0.3 is 0 Å².